The molecule has 4 N–H and O–H groups in total. The first-order chi connectivity index (χ1) is 9.10. The lowest BCUT2D eigenvalue weighted by atomic mass is 10.2. The van der Waals surface area contributed by atoms with Gasteiger partial charge in [-0.3, -0.25) is 9.78 Å². The molecule has 6 nitrogen and oxygen atoms in total. The Bertz CT molecular complexity index is 617. The van der Waals surface area contributed by atoms with Crippen molar-refractivity contribution in [3.63, 3.8) is 0 Å². The average Bonchev–Trinajstić information content (AvgIpc) is 2.42. The Morgan fingerprint density at radius 1 is 1.37 bits per heavy atom. The van der Waals surface area contributed by atoms with Gasteiger partial charge in [-0.1, -0.05) is 6.07 Å². The first kappa shape index (κ1) is 12.9. The molecule has 1 heterocycles. The summed E-state index contributed by atoms with van der Waals surface area (Å²) in [5.41, 5.74) is 3.17. The Hall–Kier alpha value is -2.54. The fraction of sp³-hybridized carbons (Fsp3) is 0.0833. The normalized spacial score (nSPS) is 10.1. The van der Waals surface area contributed by atoms with Crippen LogP contribution in [0.5, 0.6) is 0 Å². The fourth-order valence-corrected chi connectivity index (χ4v) is 1.45. The molecule has 98 valence electrons. The summed E-state index contributed by atoms with van der Waals surface area (Å²) < 4.78 is 13.6. The lowest BCUT2D eigenvalue weighted by Gasteiger charge is -2.07. The van der Waals surface area contributed by atoms with Crippen molar-refractivity contribution in [3.8, 4) is 0 Å². The van der Waals surface area contributed by atoms with Crippen LogP contribution in [0.15, 0.2) is 30.6 Å². The van der Waals surface area contributed by atoms with Gasteiger partial charge in [0.25, 0.3) is 5.91 Å². The number of anilines is 2. The van der Waals surface area contributed by atoms with Crippen molar-refractivity contribution in [2.75, 3.05) is 10.7 Å². The van der Waals surface area contributed by atoms with Gasteiger partial charge in [-0.05, 0) is 24.6 Å². The third-order valence-electron chi connectivity index (χ3n) is 2.39. The van der Waals surface area contributed by atoms with E-state index in [2.05, 4.69) is 20.7 Å². The highest BCUT2D eigenvalue weighted by Gasteiger charge is 2.11. The van der Waals surface area contributed by atoms with Gasteiger partial charge in [-0.25, -0.2) is 15.2 Å². The predicted molar refractivity (Wildman–Crippen MR) is 68.9 cm³/mol. The smallest absolute Gasteiger partial charge is 0.276 e. The van der Waals surface area contributed by atoms with Gasteiger partial charge in [0, 0.05) is 0 Å². The summed E-state index contributed by atoms with van der Waals surface area (Å²) in [5.74, 6) is 4.35. The van der Waals surface area contributed by atoms with Gasteiger partial charge in [0.15, 0.2) is 5.82 Å². The van der Waals surface area contributed by atoms with Gasteiger partial charge >= 0.3 is 0 Å². The van der Waals surface area contributed by atoms with Crippen LogP contribution < -0.4 is 16.6 Å². The zero-order chi connectivity index (χ0) is 13.8. The Morgan fingerprint density at radius 3 is 2.84 bits per heavy atom. The van der Waals surface area contributed by atoms with Crippen molar-refractivity contribution in [1.82, 2.24) is 9.97 Å². The molecule has 0 saturated carbocycles. The maximum Gasteiger partial charge on any atom is 0.276 e. The van der Waals surface area contributed by atoms with E-state index in [1.54, 1.807) is 13.0 Å². The minimum atomic E-state index is -0.563. The zero-order valence-corrected chi connectivity index (χ0v) is 10.1. The quantitative estimate of drug-likeness (QED) is 0.574. The van der Waals surface area contributed by atoms with Crippen LogP contribution in [0.4, 0.5) is 15.9 Å². The molecule has 0 fully saturated rings. The number of carbonyl (C=O) groups excluding carboxylic acids is 1. The van der Waals surface area contributed by atoms with E-state index in [-0.39, 0.29) is 17.2 Å². The summed E-state index contributed by atoms with van der Waals surface area (Å²) in [5, 5.41) is 2.42. The van der Waals surface area contributed by atoms with Gasteiger partial charge in [0.2, 0.25) is 0 Å². The van der Waals surface area contributed by atoms with Crippen molar-refractivity contribution < 1.29 is 9.18 Å². The van der Waals surface area contributed by atoms with Crippen LogP contribution in [0.3, 0.4) is 0 Å². The Labute approximate surface area is 108 Å². The topological polar surface area (TPSA) is 92.9 Å². The number of aromatic nitrogens is 2. The van der Waals surface area contributed by atoms with Crippen LogP contribution in [-0.2, 0) is 0 Å². The lowest BCUT2D eigenvalue weighted by Crippen LogP contribution is -2.17. The number of aryl methyl sites for hydroxylation is 1. The van der Waals surface area contributed by atoms with Crippen LogP contribution in [0.1, 0.15) is 16.1 Å². The minimum Gasteiger partial charge on any atom is -0.318 e. The van der Waals surface area contributed by atoms with Crippen molar-refractivity contribution in [2.24, 2.45) is 5.84 Å². The summed E-state index contributed by atoms with van der Waals surface area (Å²) in [6, 6.07) is 4.52. The van der Waals surface area contributed by atoms with Gasteiger partial charge in [0.1, 0.15) is 11.5 Å². The molecular weight excluding hydrogens is 249 g/mol. The highest BCUT2D eigenvalue weighted by atomic mass is 19.1. The monoisotopic (exact) mass is 261 g/mol. The Balaban J connectivity index is 2.20. The van der Waals surface area contributed by atoms with E-state index in [0.29, 0.717) is 0 Å². The number of rotatable bonds is 3. The fourth-order valence-electron chi connectivity index (χ4n) is 1.45. The molecule has 0 atom stereocenters. The number of hydrazine groups is 1. The number of nitrogens with one attached hydrogen (secondary N) is 2. The molecule has 0 radical (unpaired) electrons. The minimum absolute atomic E-state index is 0.0374. The maximum absolute atomic E-state index is 13.6. The standard InChI is InChI=1S/C12H12FN5O/c1-7-2-3-9(8(13)4-7)17-12(19)10-5-15-6-11(16-10)18-14/h2-6H,14H2,1H3,(H,16,18)(H,17,19). The Morgan fingerprint density at radius 2 is 2.16 bits per heavy atom. The molecule has 7 heteroatoms. The summed E-state index contributed by atoms with van der Waals surface area (Å²) in [7, 11) is 0. The van der Waals surface area contributed by atoms with Crippen LogP contribution in [0.25, 0.3) is 0 Å². The number of nitrogens with two attached hydrogens (primary N) is 1. The van der Waals surface area contributed by atoms with Crippen LogP contribution >= 0.6 is 0 Å². The van der Waals surface area contributed by atoms with Crippen LogP contribution in [0.2, 0.25) is 0 Å². The molecule has 0 aliphatic heterocycles. The van der Waals surface area contributed by atoms with E-state index in [9.17, 15) is 9.18 Å². The third kappa shape index (κ3) is 3.02. The predicted octanol–water partition coefficient (Wildman–Crippen LogP) is 1.46. The number of hydrogen-bond donors (Lipinski definition) is 3. The zero-order valence-electron chi connectivity index (χ0n) is 10.1. The molecular formula is C12H12FN5O. The summed E-state index contributed by atoms with van der Waals surface area (Å²) in [4.78, 5) is 19.6. The van der Waals surface area contributed by atoms with E-state index >= 15 is 0 Å². The van der Waals surface area contributed by atoms with Crippen LogP contribution in [-0.4, -0.2) is 15.9 Å². The highest BCUT2D eigenvalue weighted by Crippen LogP contribution is 2.16. The molecule has 0 spiro atoms. The van der Waals surface area contributed by atoms with E-state index < -0.39 is 11.7 Å². The lowest BCUT2D eigenvalue weighted by molar-refractivity contribution is 0.102. The second-order valence-electron chi connectivity index (χ2n) is 3.87. The summed E-state index contributed by atoms with van der Waals surface area (Å²) in [6.45, 7) is 1.76. The van der Waals surface area contributed by atoms with Crippen LogP contribution in [0, 0.1) is 12.7 Å². The highest BCUT2D eigenvalue weighted by molar-refractivity contribution is 6.02. The Kier molecular flexibility index (Phi) is 3.67. The average molecular weight is 261 g/mol. The second-order valence-corrected chi connectivity index (χ2v) is 3.87. The van der Waals surface area contributed by atoms with E-state index in [0.717, 1.165) is 5.56 Å². The van der Waals surface area contributed by atoms with E-state index in [4.69, 9.17) is 5.84 Å². The van der Waals surface area contributed by atoms with E-state index in [1.165, 1.54) is 24.5 Å². The number of nitrogens with zero attached hydrogens (tertiary/aromatic N) is 2. The number of nitrogen functional groups attached to an aromatic ring is 1. The maximum atomic E-state index is 13.6. The molecule has 2 rings (SSSR count). The summed E-state index contributed by atoms with van der Waals surface area (Å²) in [6.07, 6.45) is 2.63. The number of amides is 1. The molecule has 1 aromatic heterocycles. The molecule has 0 bridgehead atoms. The first-order valence-corrected chi connectivity index (χ1v) is 5.46. The molecule has 1 aromatic carbocycles. The second kappa shape index (κ2) is 5.40. The first-order valence-electron chi connectivity index (χ1n) is 5.46. The SMILES string of the molecule is Cc1ccc(NC(=O)c2cncc(NN)n2)c(F)c1. The molecule has 0 aliphatic rings. The van der Waals surface area contributed by atoms with Crippen molar-refractivity contribution in [3.05, 3.63) is 47.7 Å². The number of halogens is 1. The third-order valence-corrected chi connectivity index (χ3v) is 2.39. The number of carbonyl (C=O) groups is 1. The van der Waals surface area contributed by atoms with Gasteiger partial charge in [-0.15, -0.1) is 0 Å². The number of hydrogen-bond acceptors (Lipinski definition) is 5. The van der Waals surface area contributed by atoms with Gasteiger partial charge < -0.3 is 10.7 Å². The molecule has 1 amide bonds. The molecule has 19 heavy (non-hydrogen) atoms. The molecule has 0 aliphatic carbocycles. The molecule has 2 aromatic rings. The molecule has 0 saturated heterocycles. The van der Waals surface area contributed by atoms with Crippen molar-refractivity contribution in [2.45, 2.75) is 6.92 Å². The molecule has 0 unspecified atom stereocenters. The van der Waals surface area contributed by atoms with Gasteiger partial charge in [0.05, 0.1) is 18.1 Å². The largest absolute Gasteiger partial charge is 0.318 e. The summed E-state index contributed by atoms with van der Waals surface area (Å²) >= 11 is 0. The van der Waals surface area contributed by atoms with Gasteiger partial charge in [-0.2, -0.15) is 0 Å². The van der Waals surface area contributed by atoms with Crippen molar-refractivity contribution in [1.29, 1.82) is 0 Å². The number of benzene rings is 1. The van der Waals surface area contributed by atoms with Crippen molar-refractivity contribution >= 4 is 17.4 Å². The van der Waals surface area contributed by atoms with E-state index in [1.807, 2.05) is 0 Å².